The predicted octanol–water partition coefficient (Wildman–Crippen LogP) is 4.80. The summed E-state index contributed by atoms with van der Waals surface area (Å²) < 4.78 is 5.60. The van der Waals surface area contributed by atoms with Gasteiger partial charge in [-0.2, -0.15) is 0 Å². The van der Waals surface area contributed by atoms with E-state index in [4.69, 9.17) is 16.3 Å². The van der Waals surface area contributed by atoms with Gasteiger partial charge in [0.15, 0.2) is 0 Å². The molecule has 0 amide bonds. The van der Waals surface area contributed by atoms with Gasteiger partial charge in [0, 0.05) is 0 Å². The highest BCUT2D eigenvalue weighted by atomic mass is 35.5. The van der Waals surface area contributed by atoms with E-state index in [0.29, 0.717) is 17.9 Å². The number of para-hydroxylation sites is 1. The number of unbranched alkanes of at least 4 members (excludes halogenated alkanes) is 5. The van der Waals surface area contributed by atoms with Gasteiger partial charge in [-0.05, 0) is 30.2 Å². The number of carbonyl (C=O) groups is 1. The van der Waals surface area contributed by atoms with Crippen molar-refractivity contribution in [2.45, 2.75) is 45.4 Å². The average Bonchev–Trinajstić information content (AvgIpc) is 2.38. The van der Waals surface area contributed by atoms with Gasteiger partial charge in [0.1, 0.15) is 5.75 Å². The molecule has 0 aliphatic heterocycles. The zero-order chi connectivity index (χ0) is 13.2. The number of hydrogen-bond acceptors (Lipinski definition) is 2. The molecule has 0 N–H and O–H groups in total. The maximum Gasteiger partial charge on any atom is 0.256 e. The van der Waals surface area contributed by atoms with Crippen LogP contribution < -0.4 is 4.74 Å². The Labute approximate surface area is 114 Å². The number of carbonyl (C=O) groups excluding carboxylic acids is 1. The van der Waals surface area contributed by atoms with Gasteiger partial charge in [-0.15, -0.1) is 0 Å². The van der Waals surface area contributed by atoms with E-state index < -0.39 is 5.24 Å². The van der Waals surface area contributed by atoms with Crippen molar-refractivity contribution in [3.63, 3.8) is 0 Å². The first-order valence-corrected chi connectivity index (χ1v) is 7.05. The van der Waals surface area contributed by atoms with E-state index in [-0.39, 0.29) is 0 Å². The van der Waals surface area contributed by atoms with Gasteiger partial charge in [-0.1, -0.05) is 51.2 Å². The van der Waals surface area contributed by atoms with Crippen molar-refractivity contribution in [2.75, 3.05) is 6.61 Å². The Hall–Kier alpha value is -1.02. The second-order valence-corrected chi connectivity index (χ2v) is 4.73. The molecule has 0 fully saturated rings. The molecule has 0 saturated heterocycles. The third kappa shape index (κ3) is 5.54. The molecular formula is C15H21ClO2. The second kappa shape index (κ2) is 8.98. The summed E-state index contributed by atoms with van der Waals surface area (Å²) in [6.45, 7) is 2.86. The van der Waals surface area contributed by atoms with Crippen LogP contribution in [0.5, 0.6) is 5.75 Å². The summed E-state index contributed by atoms with van der Waals surface area (Å²) in [5, 5.41) is -0.464. The van der Waals surface area contributed by atoms with Crippen LogP contribution in [0.1, 0.15) is 55.8 Å². The van der Waals surface area contributed by atoms with Crippen molar-refractivity contribution < 1.29 is 9.53 Å². The molecular weight excluding hydrogens is 248 g/mol. The molecule has 0 unspecified atom stereocenters. The molecule has 0 aliphatic carbocycles. The van der Waals surface area contributed by atoms with E-state index in [1.807, 2.05) is 6.07 Å². The van der Waals surface area contributed by atoms with Crippen molar-refractivity contribution in [2.24, 2.45) is 0 Å². The Morgan fingerprint density at radius 3 is 2.50 bits per heavy atom. The molecule has 1 rings (SSSR count). The first-order valence-electron chi connectivity index (χ1n) is 6.67. The summed E-state index contributed by atoms with van der Waals surface area (Å²) in [6, 6.07) is 7.10. The van der Waals surface area contributed by atoms with Gasteiger partial charge in [0.2, 0.25) is 0 Å². The fraction of sp³-hybridized carbons (Fsp3) is 0.533. The van der Waals surface area contributed by atoms with Crippen LogP contribution in [0.25, 0.3) is 0 Å². The molecule has 18 heavy (non-hydrogen) atoms. The lowest BCUT2D eigenvalue weighted by Crippen LogP contribution is -2.01. The monoisotopic (exact) mass is 268 g/mol. The molecule has 0 aromatic heterocycles. The van der Waals surface area contributed by atoms with Crippen molar-refractivity contribution in [1.29, 1.82) is 0 Å². The molecule has 0 spiro atoms. The average molecular weight is 269 g/mol. The minimum absolute atomic E-state index is 0.449. The van der Waals surface area contributed by atoms with Crippen LogP contribution in [0.3, 0.4) is 0 Å². The number of hydrogen-bond donors (Lipinski definition) is 0. The highest BCUT2D eigenvalue weighted by molar-refractivity contribution is 6.68. The van der Waals surface area contributed by atoms with Crippen molar-refractivity contribution in [3.05, 3.63) is 29.8 Å². The molecule has 0 radical (unpaired) electrons. The van der Waals surface area contributed by atoms with Crippen LogP contribution in [-0.4, -0.2) is 11.8 Å². The number of ether oxygens (including phenoxy) is 1. The molecule has 1 aromatic rings. The zero-order valence-electron chi connectivity index (χ0n) is 11.0. The maximum atomic E-state index is 11.2. The van der Waals surface area contributed by atoms with E-state index >= 15 is 0 Å². The molecule has 1 aromatic carbocycles. The standard InChI is InChI=1S/C15H21ClO2/c1-2-3-4-5-6-9-12-18-14-11-8-7-10-13(14)15(16)17/h7-8,10-11H,2-6,9,12H2,1H3. The lowest BCUT2D eigenvalue weighted by molar-refractivity contribution is 0.107. The number of rotatable bonds is 9. The van der Waals surface area contributed by atoms with E-state index in [9.17, 15) is 4.79 Å². The van der Waals surface area contributed by atoms with E-state index in [0.717, 1.165) is 6.42 Å². The lowest BCUT2D eigenvalue weighted by Gasteiger charge is -2.08. The van der Waals surface area contributed by atoms with E-state index in [2.05, 4.69) is 6.92 Å². The largest absolute Gasteiger partial charge is 0.493 e. The fourth-order valence-electron chi connectivity index (χ4n) is 1.82. The number of benzene rings is 1. The fourth-order valence-corrected chi connectivity index (χ4v) is 1.98. The van der Waals surface area contributed by atoms with E-state index in [1.165, 1.54) is 32.1 Å². The molecule has 0 bridgehead atoms. The summed E-state index contributed by atoms with van der Waals surface area (Å²) in [4.78, 5) is 11.2. The molecule has 0 heterocycles. The molecule has 3 heteroatoms. The van der Waals surface area contributed by atoms with Gasteiger partial charge in [-0.3, -0.25) is 4.79 Å². The van der Waals surface area contributed by atoms with Crippen molar-refractivity contribution >= 4 is 16.8 Å². The van der Waals surface area contributed by atoms with Crippen molar-refractivity contribution in [3.8, 4) is 5.75 Å². The Balaban J connectivity index is 2.25. The van der Waals surface area contributed by atoms with Gasteiger partial charge in [-0.25, -0.2) is 0 Å². The Morgan fingerprint density at radius 1 is 1.11 bits per heavy atom. The SMILES string of the molecule is CCCCCCCCOc1ccccc1C(=O)Cl. The summed E-state index contributed by atoms with van der Waals surface area (Å²) in [7, 11) is 0. The van der Waals surface area contributed by atoms with Crippen LogP contribution in [0.15, 0.2) is 24.3 Å². The highest BCUT2D eigenvalue weighted by Crippen LogP contribution is 2.20. The first-order chi connectivity index (χ1) is 8.75. The Morgan fingerprint density at radius 2 is 1.78 bits per heavy atom. The first kappa shape index (κ1) is 15.0. The maximum absolute atomic E-state index is 11.2. The lowest BCUT2D eigenvalue weighted by atomic mass is 10.1. The molecule has 2 nitrogen and oxygen atoms in total. The summed E-state index contributed by atoms with van der Waals surface area (Å²) in [5.74, 6) is 0.589. The molecule has 100 valence electrons. The van der Waals surface area contributed by atoms with Crippen LogP contribution >= 0.6 is 11.6 Å². The smallest absolute Gasteiger partial charge is 0.256 e. The highest BCUT2D eigenvalue weighted by Gasteiger charge is 2.08. The van der Waals surface area contributed by atoms with Crippen LogP contribution in [0, 0.1) is 0 Å². The minimum atomic E-state index is -0.464. The third-order valence-corrected chi connectivity index (χ3v) is 3.06. The third-order valence-electron chi connectivity index (χ3n) is 2.85. The number of halogens is 1. The topological polar surface area (TPSA) is 26.3 Å². The van der Waals surface area contributed by atoms with Crippen LogP contribution in [-0.2, 0) is 0 Å². The summed E-state index contributed by atoms with van der Waals surface area (Å²) in [5.41, 5.74) is 0.449. The Bertz CT molecular complexity index is 363. The van der Waals surface area contributed by atoms with E-state index in [1.54, 1.807) is 18.2 Å². The molecule has 0 atom stereocenters. The summed E-state index contributed by atoms with van der Waals surface area (Å²) >= 11 is 5.49. The predicted molar refractivity (Wildman–Crippen MR) is 75.5 cm³/mol. The van der Waals surface area contributed by atoms with Crippen LogP contribution in [0.4, 0.5) is 0 Å². The minimum Gasteiger partial charge on any atom is -0.493 e. The molecule has 0 saturated carbocycles. The quantitative estimate of drug-likeness (QED) is 0.475. The van der Waals surface area contributed by atoms with Crippen LogP contribution in [0.2, 0.25) is 0 Å². The Kier molecular flexibility index (Phi) is 7.51. The summed E-state index contributed by atoms with van der Waals surface area (Å²) in [6.07, 6.45) is 7.33. The normalized spacial score (nSPS) is 10.3. The van der Waals surface area contributed by atoms with Gasteiger partial charge in [0.05, 0.1) is 12.2 Å². The zero-order valence-corrected chi connectivity index (χ0v) is 11.7. The molecule has 0 aliphatic rings. The van der Waals surface area contributed by atoms with Crippen molar-refractivity contribution in [1.82, 2.24) is 0 Å². The second-order valence-electron chi connectivity index (χ2n) is 4.39. The van der Waals surface area contributed by atoms with Gasteiger partial charge >= 0.3 is 0 Å². The van der Waals surface area contributed by atoms with Gasteiger partial charge in [0.25, 0.3) is 5.24 Å². The van der Waals surface area contributed by atoms with Gasteiger partial charge < -0.3 is 4.74 Å².